The van der Waals surface area contributed by atoms with Gasteiger partial charge in [0.2, 0.25) is 0 Å². The molecule has 3 aromatic heterocycles. The fourth-order valence-electron chi connectivity index (χ4n) is 3.23. The van der Waals surface area contributed by atoms with E-state index in [1.54, 1.807) is 46.2 Å². The Hall–Kier alpha value is -4.55. The largest absolute Gasteiger partial charge is 0.484 e. The number of ether oxygens (including phenoxy) is 1. The Morgan fingerprint density at radius 1 is 1.06 bits per heavy atom. The Labute approximate surface area is 192 Å². The second-order valence-corrected chi connectivity index (χ2v) is 7.99. The van der Waals surface area contributed by atoms with Crippen LogP contribution in [-0.4, -0.2) is 32.3 Å². The van der Waals surface area contributed by atoms with E-state index in [0.29, 0.717) is 28.5 Å². The second-order valence-electron chi connectivity index (χ2n) is 7.04. The molecule has 9 heteroatoms. The summed E-state index contributed by atoms with van der Waals surface area (Å²) in [6, 6.07) is 23.7. The van der Waals surface area contributed by atoms with Crippen LogP contribution in [0.4, 0.5) is 5.69 Å². The van der Waals surface area contributed by atoms with Crippen molar-refractivity contribution in [3.8, 4) is 33.8 Å². The van der Waals surface area contributed by atoms with E-state index < -0.39 is 0 Å². The molecule has 33 heavy (non-hydrogen) atoms. The summed E-state index contributed by atoms with van der Waals surface area (Å²) in [4.78, 5) is 13.3. The van der Waals surface area contributed by atoms with E-state index in [9.17, 15) is 4.79 Å². The molecule has 0 atom stereocenters. The van der Waals surface area contributed by atoms with Crippen molar-refractivity contribution in [3.05, 3.63) is 83.7 Å². The number of aromatic nitrogens is 4. The highest BCUT2D eigenvalue weighted by atomic mass is 32.1. The maximum atomic E-state index is 12.3. The summed E-state index contributed by atoms with van der Waals surface area (Å²) in [5, 5.41) is 26.8. The van der Waals surface area contributed by atoms with Crippen LogP contribution in [0.5, 0.6) is 5.75 Å². The fraction of sp³-hybridized carbons (Fsp3) is 0.0417. The molecule has 0 fully saturated rings. The molecule has 0 aliphatic rings. The normalized spacial score (nSPS) is 10.6. The minimum Gasteiger partial charge on any atom is -0.484 e. The van der Waals surface area contributed by atoms with Gasteiger partial charge in [-0.3, -0.25) is 4.79 Å². The molecule has 8 nitrogen and oxygen atoms in total. The minimum absolute atomic E-state index is 0.148. The predicted octanol–water partition coefficient (Wildman–Crippen LogP) is 4.41. The van der Waals surface area contributed by atoms with E-state index in [4.69, 9.17) is 15.1 Å². The lowest BCUT2D eigenvalue weighted by molar-refractivity contribution is -0.118. The molecule has 0 bridgehead atoms. The molecule has 0 aliphatic carbocycles. The van der Waals surface area contributed by atoms with Crippen molar-refractivity contribution >= 4 is 28.6 Å². The van der Waals surface area contributed by atoms with Crippen LogP contribution in [0.15, 0.2) is 78.2 Å². The molecule has 2 aromatic carbocycles. The van der Waals surface area contributed by atoms with Crippen molar-refractivity contribution in [1.29, 1.82) is 5.26 Å². The van der Waals surface area contributed by atoms with Gasteiger partial charge in [-0.15, -0.1) is 21.5 Å². The number of rotatable bonds is 6. The zero-order valence-electron chi connectivity index (χ0n) is 17.2. The third-order valence-corrected chi connectivity index (χ3v) is 5.67. The number of nitrogens with one attached hydrogen (secondary N) is 1. The molecule has 0 radical (unpaired) electrons. The number of carbonyl (C=O) groups excluding carboxylic acids is 1. The standard InChI is InChI=1S/C24H16N6O2S/c25-14-16-6-8-19(9-7-16)32-15-23(31)26-18-4-1-3-17(13-18)20-10-11-22-27-28-24(30(22)29-20)21-5-2-12-33-21/h1-13H,15H2,(H,26,31). The SMILES string of the molecule is N#Cc1ccc(OCC(=O)Nc2cccc(-c3ccc4nnc(-c5cccs5)n4n3)c2)cc1. The quantitative estimate of drug-likeness (QED) is 0.409. The lowest BCUT2D eigenvalue weighted by Crippen LogP contribution is -2.20. The summed E-state index contributed by atoms with van der Waals surface area (Å²) in [5.41, 5.74) is 3.39. The average molecular weight is 452 g/mol. The molecule has 0 unspecified atom stereocenters. The molecular formula is C24H16N6O2S. The van der Waals surface area contributed by atoms with Gasteiger partial charge in [-0.2, -0.15) is 14.9 Å². The molecule has 5 aromatic rings. The van der Waals surface area contributed by atoms with Gasteiger partial charge in [-0.25, -0.2) is 0 Å². The van der Waals surface area contributed by atoms with E-state index >= 15 is 0 Å². The van der Waals surface area contributed by atoms with Crippen molar-refractivity contribution in [3.63, 3.8) is 0 Å². The van der Waals surface area contributed by atoms with Crippen LogP contribution in [-0.2, 0) is 4.79 Å². The van der Waals surface area contributed by atoms with Crippen LogP contribution < -0.4 is 10.1 Å². The first-order chi connectivity index (χ1) is 16.2. The number of hydrogen-bond donors (Lipinski definition) is 1. The van der Waals surface area contributed by atoms with E-state index in [1.807, 2.05) is 53.9 Å². The molecule has 1 amide bonds. The molecule has 160 valence electrons. The highest BCUT2D eigenvalue weighted by Crippen LogP contribution is 2.25. The fourth-order valence-corrected chi connectivity index (χ4v) is 3.92. The maximum Gasteiger partial charge on any atom is 0.262 e. The van der Waals surface area contributed by atoms with E-state index in [-0.39, 0.29) is 12.5 Å². The number of carbonyl (C=O) groups is 1. The first kappa shape index (κ1) is 20.4. The second kappa shape index (κ2) is 8.90. The van der Waals surface area contributed by atoms with Crippen molar-refractivity contribution in [2.75, 3.05) is 11.9 Å². The lowest BCUT2D eigenvalue weighted by Gasteiger charge is -2.09. The molecular weight excluding hydrogens is 436 g/mol. The third-order valence-electron chi connectivity index (χ3n) is 4.80. The highest BCUT2D eigenvalue weighted by molar-refractivity contribution is 7.13. The number of anilines is 1. The third kappa shape index (κ3) is 4.42. The summed E-state index contributed by atoms with van der Waals surface area (Å²) >= 11 is 1.57. The van der Waals surface area contributed by atoms with Crippen LogP contribution in [0.3, 0.4) is 0 Å². The summed E-state index contributed by atoms with van der Waals surface area (Å²) < 4.78 is 7.21. The Morgan fingerprint density at radius 2 is 1.94 bits per heavy atom. The molecule has 0 spiro atoms. The minimum atomic E-state index is -0.293. The highest BCUT2D eigenvalue weighted by Gasteiger charge is 2.12. The van der Waals surface area contributed by atoms with E-state index in [2.05, 4.69) is 15.5 Å². The van der Waals surface area contributed by atoms with Crippen LogP contribution in [0, 0.1) is 11.3 Å². The van der Waals surface area contributed by atoms with Gasteiger partial charge in [0.25, 0.3) is 5.91 Å². The Morgan fingerprint density at radius 3 is 2.73 bits per heavy atom. The molecule has 0 saturated carbocycles. The van der Waals surface area contributed by atoms with Gasteiger partial charge >= 0.3 is 0 Å². The zero-order chi connectivity index (χ0) is 22.6. The summed E-state index contributed by atoms with van der Waals surface area (Å²) in [6.45, 7) is -0.148. The van der Waals surface area contributed by atoms with Gasteiger partial charge in [-0.05, 0) is 60.0 Å². The molecule has 0 aliphatic heterocycles. The topological polar surface area (TPSA) is 105 Å². The summed E-state index contributed by atoms with van der Waals surface area (Å²) in [6.07, 6.45) is 0. The number of nitrogens with zero attached hydrogens (tertiary/aromatic N) is 5. The number of hydrogen-bond acceptors (Lipinski definition) is 7. The summed E-state index contributed by atoms with van der Waals surface area (Å²) in [7, 11) is 0. The number of nitriles is 1. The lowest BCUT2D eigenvalue weighted by atomic mass is 10.1. The number of amides is 1. The Kier molecular flexibility index (Phi) is 5.49. The van der Waals surface area contributed by atoms with Gasteiger partial charge in [0.1, 0.15) is 5.75 Å². The Balaban J connectivity index is 1.31. The monoisotopic (exact) mass is 452 g/mol. The zero-order valence-corrected chi connectivity index (χ0v) is 18.0. The predicted molar refractivity (Wildman–Crippen MR) is 125 cm³/mol. The van der Waals surface area contributed by atoms with Crippen LogP contribution in [0.2, 0.25) is 0 Å². The number of thiophene rings is 1. The smallest absolute Gasteiger partial charge is 0.262 e. The number of fused-ring (bicyclic) bond motifs is 1. The van der Waals surface area contributed by atoms with Gasteiger partial charge in [0.15, 0.2) is 18.1 Å². The van der Waals surface area contributed by atoms with Crippen molar-refractivity contribution in [1.82, 2.24) is 19.8 Å². The maximum absolute atomic E-state index is 12.3. The molecule has 5 rings (SSSR count). The van der Waals surface area contributed by atoms with Crippen molar-refractivity contribution in [2.45, 2.75) is 0 Å². The van der Waals surface area contributed by atoms with Gasteiger partial charge < -0.3 is 10.1 Å². The van der Waals surface area contributed by atoms with E-state index in [0.717, 1.165) is 16.1 Å². The molecule has 1 N–H and O–H groups in total. The molecule has 0 saturated heterocycles. The first-order valence-corrected chi connectivity index (χ1v) is 10.9. The summed E-state index contributed by atoms with van der Waals surface area (Å²) in [5.74, 6) is 0.913. The van der Waals surface area contributed by atoms with Crippen LogP contribution in [0.25, 0.3) is 27.6 Å². The van der Waals surface area contributed by atoms with Gasteiger partial charge in [0.05, 0.1) is 22.2 Å². The van der Waals surface area contributed by atoms with E-state index in [1.165, 1.54) is 0 Å². The Bertz CT molecular complexity index is 1470. The van der Waals surface area contributed by atoms with Gasteiger partial charge in [-0.1, -0.05) is 18.2 Å². The van der Waals surface area contributed by atoms with Crippen LogP contribution >= 0.6 is 11.3 Å². The molecule has 3 heterocycles. The van der Waals surface area contributed by atoms with Crippen molar-refractivity contribution in [2.24, 2.45) is 0 Å². The average Bonchev–Trinajstić information content (AvgIpc) is 3.52. The number of benzene rings is 2. The first-order valence-electron chi connectivity index (χ1n) is 9.99. The van der Waals surface area contributed by atoms with Crippen molar-refractivity contribution < 1.29 is 9.53 Å². The van der Waals surface area contributed by atoms with Crippen LogP contribution in [0.1, 0.15) is 5.56 Å². The van der Waals surface area contributed by atoms with Gasteiger partial charge in [0, 0.05) is 11.3 Å².